The second kappa shape index (κ2) is 11.3. The van der Waals surface area contributed by atoms with Gasteiger partial charge in [-0.15, -0.1) is 0 Å². The first-order valence-electron chi connectivity index (χ1n) is 12.3. The van der Waals surface area contributed by atoms with Crippen LogP contribution >= 0.6 is 0 Å². The number of ketones is 1. The second-order valence-corrected chi connectivity index (χ2v) is 9.50. The number of phenols is 1. The fourth-order valence-corrected chi connectivity index (χ4v) is 4.56. The molecule has 4 rings (SSSR count). The Morgan fingerprint density at radius 2 is 1.76 bits per heavy atom. The van der Waals surface area contributed by atoms with Crippen LogP contribution in [-0.4, -0.2) is 58.9 Å². The fraction of sp³-hybridized carbons (Fsp3) is 0.267. The van der Waals surface area contributed by atoms with E-state index in [0.29, 0.717) is 36.4 Å². The molecule has 192 valence electrons. The largest absolute Gasteiger partial charge is 0.508 e. The van der Waals surface area contributed by atoms with Gasteiger partial charge in [0.1, 0.15) is 23.9 Å². The zero-order chi connectivity index (χ0) is 26.5. The summed E-state index contributed by atoms with van der Waals surface area (Å²) >= 11 is 0. The van der Waals surface area contributed by atoms with Crippen molar-refractivity contribution in [3.63, 3.8) is 0 Å². The average Bonchev–Trinajstić information content (AvgIpc) is 3.13. The number of rotatable bonds is 9. The quantitative estimate of drug-likeness (QED) is 0.253. The minimum Gasteiger partial charge on any atom is -0.508 e. The first-order chi connectivity index (χ1) is 17.8. The molecule has 3 aromatic carbocycles. The van der Waals surface area contributed by atoms with Crippen LogP contribution in [0.4, 0.5) is 0 Å². The van der Waals surface area contributed by atoms with E-state index in [9.17, 15) is 19.8 Å². The number of phenolic OH excluding ortho intramolecular Hbond substituents is 1. The Bertz CT molecular complexity index is 1320. The van der Waals surface area contributed by atoms with Gasteiger partial charge in [0.05, 0.1) is 11.6 Å². The van der Waals surface area contributed by atoms with E-state index in [4.69, 9.17) is 4.74 Å². The standard InChI is InChI=1S/C30H32N2O5/c1-20-17-23(13-14-25(20)37-19-21-9-5-4-6-10-21)28(34)26-27(22-11-7-12-24(33)18-22)32(30(36)29(26)35)16-8-15-31(2)3/h4-7,9-14,17-18,27,33-34H,8,15-16,19H2,1-3H3/b28-26-. The van der Waals surface area contributed by atoms with Crippen LogP contribution in [0.15, 0.2) is 78.4 Å². The number of ether oxygens (including phenoxy) is 1. The molecule has 0 spiro atoms. The molecule has 0 bridgehead atoms. The van der Waals surface area contributed by atoms with E-state index in [1.807, 2.05) is 56.3 Å². The van der Waals surface area contributed by atoms with Crippen molar-refractivity contribution in [2.24, 2.45) is 0 Å². The summed E-state index contributed by atoms with van der Waals surface area (Å²) in [6.45, 7) is 3.34. The van der Waals surface area contributed by atoms with Gasteiger partial charge in [0.25, 0.3) is 11.7 Å². The highest BCUT2D eigenvalue weighted by atomic mass is 16.5. The van der Waals surface area contributed by atoms with Crippen LogP contribution in [0.2, 0.25) is 0 Å². The number of hydrogen-bond donors (Lipinski definition) is 2. The van der Waals surface area contributed by atoms with Crippen LogP contribution in [0.25, 0.3) is 5.76 Å². The van der Waals surface area contributed by atoms with E-state index in [-0.39, 0.29) is 17.1 Å². The lowest BCUT2D eigenvalue weighted by atomic mass is 9.94. The number of Topliss-reactive ketones (excluding diaryl/α,β-unsaturated/α-hetero) is 1. The molecule has 1 saturated heterocycles. The predicted octanol–water partition coefficient (Wildman–Crippen LogP) is 4.65. The van der Waals surface area contributed by atoms with Gasteiger partial charge >= 0.3 is 0 Å². The van der Waals surface area contributed by atoms with Crippen LogP contribution < -0.4 is 4.74 Å². The molecule has 0 saturated carbocycles. The monoisotopic (exact) mass is 500 g/mol. The highest BCUT2D eigenvalue weighted by molar-refractivity contribution is 6.46. The lowest BCUT2D eigenvalue weighted by Gasteiger charge is -2.26. The van der Waals surface area contributed by atoms with E-state index in [1.165, 1.54) is 17.0 Å². The molecular weight excluding hydrogens is 468 g/mol. The van der Waals surface area contributed by atoms with Crippen molar-refractivity contribution in [2.75, 3.05) is 27.2 Å². The van der Waals surface area contributed by atoms with Crippen molar-refractivity contribution >= 4 is 17.4 Å². The summed E-state index contributed by atoms with van der Waals surface area (Å²) in [5.74, 6) is -0.966. The van der Waals surface area contributed by atoms with E-state index in [1.54, 1.807) is 30.3 Å². The van der Waals surface area contributed by atoms with Crippen LogP contribution in [0.3, 0.4) is 0 Å². The molecule has 1 fully saturated rings. The number of likely N-dealkylation sites (tertiary alicyclic amines) is 1. The van der Waals surface area contributed by atoms with E-state index < -0.39 is 17.7 Å². The molecule has 0 aliphatic carbocycles. The average molecular weight is 501 g/mol. The number of hydrogen-bond acceptors (Lipinski definition) is 6. The van der Waals surface area contributed by atoms with Gasteiger partial charge in [0.2, 0.25) is 0 Å². The molecule has 2 N–H and O–H groups in total. The molecule has 1 aliphatic heterocycles. The van der Waals surface area contributed by atoms with Gasteiger partial charge in [-0.05, 0) is 81.0 Å². The van der Waals surface area contributed by atoms with Gasteiger partial charge in [0, 0.05) is 12.1 Å². The lowest BCUT2D eigenvalue weighted by molar-refractivity contribution is -0.139. The summed E-state index contributed by atoms with van der Waals surface area (Å²) < 4.78 is 5.95. The maximum atomic E-state index is 13.2. The van der Waals surface area contributed by atoms with Crippen LogP contribution in [0.5, 0.6) is 11.5 Å². The third-order valence-electron chi connectivity index (χ3n) is 6.42. The third-order valence-corrected chi connectivity index (χ3v) is 6.42. The Labute approximate surface area is 217 Å². The minimum absolute atomic E-state index is 0.0119. The predicted molar refractivity (Wildman–Crippen MR) is 142 cm³/mol. The zero-order valence-electron chi connectivity index (χ0n) is 21.3. The van der Waals surface area contributed by atoms with Crippen molar-refractivity contribution in [1.29, 1.82) is 0 Å². The topological polar surface area (TPSA) is 90.3 Å². The molecule has 1 aliphatic rings. The third kappa shape index (κ3) is 5.84. The molecule has 1 unspecified atom stereocenters. The van der Waals surface area contributed by atoms with Crippen LogP contribution in [0, 0.1) is 6.92 Å². The number of carbonyl (C=O) groups is 2. The smallest absolute Gasteiger partial charge is 0.295 e. The number of carbonyl (C=O) groups excluding carboxylic acids is 2. The number of amides is 1. The number of nitrogens with zero attached hydrogens (tertiary/aromatic N) is 2. The minimum atomic E-state index is -0.802. The first kappa shape index (κ1) is 26.0. The molecule has 3 aromatic rings. The van der Waals surface area contributed by atoms with Crippen molar-refractivity contribution in [3.8, 4) is 11.5 Å². The number of aliphatic hydroxyl groups is 1. The summed E-state index contributed by atoms with van der Waals surface area (Å²) in [6.07, 6.45) is 0.655. The zero-order valence-corrected chi connectivity index (χ0v) is 21.3. The Morgan fingerprint density at radius 3 is 2.43 bits per heavy atom. The summed E-state index contributed by atoms with van der Waals surface area (Å²) in [7, 11) is 3.88. The maximum absolute atomic E-state index is 13.2. The van der Waals surface area contributed by atoms with Crippen LogP contribution in [-0.2, 0) is 16.2 Å². The SMILES string of the molecule is Cc1cc(/C(O)=C2/C(=O)C(=O)N(CCCN(C)C)C2c2cccc(O)c2)ccc1OCc1ccccc1. The normalized spacial score (nSPS) is 17.0. The highest BCUT2D eigenvalue weighted by Gasteiger charge is 2.45. The summed E-state index contributed by atoms with van der Waals surface area (Å²) in [5, 5.41) is 21.4. The number of aliphatic hydroxyl groups excluding tert-OH is 1. The molecule has 1 atom stereocenters. The van der Waals surface area contributed by atoms with E-state index >= 15 is 0 Å². The second-order valence-electron chi connectivity index (χ2n) is 9.50. The van der Waals surface area contributed by atoms with Crippen molar-refractivity contribution in [2.45, 2.75) is 26.0 Å². The maximum Gasteiger partial charge on any atom is 0.295 e. The summed E-state index contributed by atoms with van der Waals surface area (Å²) in [6, 6.07) is 20.6. The Balaban J connectivity index is 1.68. The molecule has 37 heavy (non-hydrogen) atoms. The highest BCUT2D eigenvalue weighted by Crippen LogP contribution is 2.40. The van der Waals surface area contributed by atoms with Gasteiger partial charge < -0.3 is 24.7 Å². The lowest BCUT2D eigenvalue weighted by Crippen LogP contribution is -2.32. The number of aromatic hydroxyl groups is 1. The summed E-state index contributed by atoms with van der Waals surface area (Å²) in [4.78, 5) is 29.8. The number of benzene rings is 3. The van der Waals surface area contributed by atoms with Crippen LogP contribution in [0.1, 0.15) is 34.7 Å². The van der Waals surface area contributed by atoms with Crippen molar-refractivity contribution < 1.29 is 24.5 Å². The molecule has 0 radical (unpaired) electrons. The van der Waals surface area contributed by atoms with Gasteiger partial charge in [-0.2, -0.15) is 0 Å². The Hall–Kier alpha value is -4.10. The first-order valence-corrected chi connectivity index (χ1v) is 12.3. The van der Waals surface area contributed by atoms with Crippen molar-refractivity contribution in [3.05, 3.63) is 101 Å². The van der Waals surface area contributed by atoms with Gasteiger partial charge in [-0.1, -0.05) is 42.5 Å². The van der Waals surface area contributed by atoms with Gasteiger partial charge in [-0.25, -0.2) is 0 Å². The Kier molecular flexibility index (Phi) is 7.94. The van der Waals surface area contributed by atoms with Gasteiger partial charge in [-0.3, -0.25) is 9.59 Å². The van der Waals surface area contributed by atoms with Crippen molar-refractivity contribution in [1.82, 2.24) is 9.80 Å². The van der Waals surface area contributed by atoms with Gasteiger partial charge in [0.15, 0.2) is 0 Å². The molecule has 7 heteroatoms. The molecule has 7 nitrogen and oxygen atoms in total. The molecule has 0 aromatic heterocycles. The molecule has 1 heterocycles. The summed E-state index contributed by atoms with van der Waals surface area (Å²) in [5.41, 5.74) is 2.81. The number of aryl methyl sites for hydroxylation is 1. The Morgan fingerprint density at radius 1 is 1.00 bits per heavy atom. The van der Waals surface area contributed by atoms with E-state index in [0.717, 1.165) is 17.7 Å². The molecule has 1 amide bonds. The molecular formula is C30H32N2O5. The van der Waals surface area contributed by atoms with E-state index in [2.05, 4.69) is 0 Å². The fourth-order valence-electron chi connectivity index (χ4n) is 4.56.